The van der Waals surface area contributed by atoms with Crippen molar-refractivity contribution in [2.45, 2.75) is 12.5 Å². The van der Waals surface area contributed by atoms with Crippen LogP contribution in [0.3, 0.4) is 0 Å². The standard InChI is InChI=1S/C12H11ClN2O2S/c13-6-5-11-14-15-12(18-11)10-7-16-8-3-1-2-4-9(8)17-10/h1-4,10H,5-7H2. The Bertz CT molecular complexity index is 546. The van der Waals surface area contributed by atoms with Crippen LogP contribution in [0.25, 0.3) is 0 Å². The second kappa shape index (κ2) is 5.12. The van der Waals surface area contributed by atoms with Crippen molar-refractivity contribution in [1.82, 2.24) is 10.2 Å². The van der Waals surface area contributed by atoms with Gasteiger partial charge < -0.3 is 9.47 Å². The normalized spacial score (nSPS) is 17.7. The Kier molecular flexibility index (Phi) is 3.34. The first-order valence-electron chi connectivity index (χ1n) is 5.63. The molecule has 1 aromatic heterocycles. The number of aryl methyl sites for hydroxylation is 1. The number of hydrogen-bond donors (Lipinski definition) is 0. The highest BCUT2D eigenvalue weighted by molar-refractivity contribution is 7.11. The van der Waals surface area contributed by atoms with E-state index in [1.165, 1.54) is 11.3 Å². The zero-order valence-corrected chi connectivity index (χ0v) is 11.1. The number of hydrogen-bond acceptors (Lipinski definition) is 5. The third kappa shape index (κ3) is 2.28. The molecule has 0 amide bonds. The Balaban J connectivity index is 1.78. The fourth-order valence-corrected chi connectivity index (χ4v) is 2.87. The van der Waals surface area contributed by atoms with Crippen LogP contribution in [0, 0.1) is 0 Å². The number of rotatable bonds is 3. The molecular weight excluding hydrogens is 272 g/mol. The molecule has 3 rings (SSSR count). The van der Waals surface area contributed by atoms with Crippen LogP contribution in [0.2, 0.25) is 0 Å². The van der Waals surface area contributed by atoms with E-state index in [1.54, 1.807) is 0 Å². The van der Waals surface area contributed by atoms with Crippen LogP contribution in [-0.4, -0.2) is 22.7 Å². The molecule has 6 heteroatoms. The summed E-state index contributed by atoms with van der Waals surface area (Å²) in [6.07, 6.45) is 0.560. The maximum absolute atomic E-state index is 5.86. The number of para-hydroxylation sites is 2. The number of aromatic nitrogens is 2. The van der Waals surface area contributed by atoms with Crippen LogP contribution in [-0.2, 0) is 6.42 Å². The van der Waals surface area contributed by atoms with E-state index in [9.17, 15) is 0 Å². The van der Waals surface area contributed by atoms with Gasteiger partial charge in [-0.3, -0.25) is 0 Å². The van der Waals surface area contributed by atoms with Gasteiger partial charge in [0.1, 0.15) is 11.6 Å². The minimum absolute atomic E-state index is 0.179. The molecule has 0 aliphatic carbocycles. The minimum atomic E-state index is -0.179. The topological polar surface area (TPSA) is 44.2 Å². The molecule has 94 valence electrons. The maximum atomic E-state index is 5.86. The lowest BCUT2D eigenvalue weighted by molar-refractivity contribution is 0.0906. The van der Waals surface area contributed by atoms with Crippen LogP contribution in [0.5, 0.6) is 11.5 Å². The average molecular weight is 283 g/mol. The molecule has 1 aromatic carbocycles. The van der Waals surface area contributed by atoms with E-state index in [0.29, 0.717) is 12.5 Å². The highest BCUT2D eigenvalue weighted by Gasteiger charge is 2.25. The van der Waals surface area contributed by atoms with Crippen molar-refractivity contribution < 1.29 is 9.47 Å². The van der Waals surface area contributed by atoms with Gasteiger partial charge in [-0.1, -0.05) is 23.5 Å². The fourth-order valence-electron chi connectivity index (χ4n) is 1.72. The van der Waals surface area contributed by atoms with Gasteiger partial charge >= 0.3 is 0 Å². The van der Waals surface area contributed by atoms with Crippen LogP contribution in [0.1, 0.15) is 16.1 Å². The summed E-state index contributed by atoms with van der Waals surface area (Å²) in [5.41, 5.74) is 0. The summed E-state index contributed by atoms with van der Waals surface area (Å²) < 4.78 is 11.5. The number of nitrogens with zero attached hydrogens (tertiary/aromatic N) is 2. The molecule has 1 unspecified atom stereocenters. The molecule has 2 heterocycles. The van der Waals surface area contributed by atoms with Gasteiger partial charge in [-0.05, 0) is 12.1 Å². The summed E-state index contributed by atoms with van der Waals surface area (Å²) in [5.74, 6) is 2.08. The van der Waals surface area contributed by atoms with Crippen LogP contribution in [0.4, 0.5) is 0 Å². The van der Waals surface area contributed by atoms with Crippen LogP contribution >= 0.6 is 22.9 Å². The lowest BCUT2D eigenvalue weighted by Gasteiger charge is -2.24. The summed E-state index contributed by atoms with van der Waals surface area (Å²) >= 11 is 7.21. The van der Waals surface area contributed by atoms with Gasteiger partial charge in [-0.25, -0.2) is 0 Å². The molecule has 0 spiro atoms. The van der Waals surface area contributed by atoms with Crippen molar-refractivity contribution in [3.05, 3.63) is 34.3 Å². The fraction of sp³-hybridized carbons (Fsp3) is 0.333. The number of fused-ring (bicyclic) bond motifs is 1. The van der Waals surface area contributed by atoms with Gasteiger partial charge in [0.25, 0.3) is 0 Å². The van der Waals surface area contributed by atoms with Crippen molar-refractivity contribution >= 4 is 22.9 Å². The monoisotopic (exact) mass is 282 g/mol. The second-order valence-electron chi connectivity index (χ2n) is 3.84. The van der Waals surface area contributed by atoms with Gasteiger partial charge in [-0.2, -0.15) is 0 Å². The Hall–Kier alpha value is -1.33. The average Bonchev–Trinajstić information content (AvgIpc) is 2.87. The van der Waals surface area contributed by atoms with Gasteiger partial charge in [0.2, 0.25) is 0 Å². The summed E-state index contributed by atoms with van der Waals surface area (Å²) in [6, 6.07) is 7.63. The van der Waals surface area contributed by atoms with E-state index in [2.05, 4.69) is 10.2 Å². The smallest absolute Gasteiger partial charge is 0.186 e. The molecule has 1 aliphatic rings. The van der Waals surface area contributed by atoms with E-state index >= 15 is 0 Å². The molecule has 1 atom stereocenters. The summed E-state index contributed by atoms with van der Waals surface area (Å²) in [6.45, 7) is 0.465. The Morgan fingerprint density at radius 3 is 2.94 bits per heavy atom. The predicted octanol–water partition coefficient (Wildman–Crippen LogP) is 2.83. The van der Waals surface area contributed by atoms with Crippen LogP contribution in [0.15, 0.2) is 24.3 Å². The zero-order chi connectivity index (χ0) is 12.4. The summed E-state index contributed by atoms with van der Waals surface area (Å²) in [5, 5.41) is 9.99. The van der Waals surface area contributed by atoms with Gasteiger partial charge in [-0.15, -0.1) is 21.8 Å². The Morgan fingerprint density at radius 2 is 2.11 bits per heavy atom. The van der Waals surface area contributed by atoms with E-state index in [0.717, 1.165) is 27.9 Å². The second-order valence-corrected chi connectivity index (χ2v) is 5.31. The summed E-state index contributed by atoms with van der Waals surface area (Å²) in [7, 11) is 0. The molecule has 0 fully saturated rings. The lowest BCUT2D eigenvalue weighted by Crippen LogP contribution is -2.21. The van der Waals surface area contributed by atoms with E-state index in [1.807, 2.05) is 24.3 Å². The Morgan fingerprint density at radius 1 is 1.28 bits per heavy atom. The van der Waals surface area contributed by atoms with E-state index in [4.69, 9.17) is 21.1 Å². The van der Waals surface area contributed by atoms with Gasteiger partial charge in [0.05, 0.1) is 0 Å². The predicted molar refractivity (Wildman–Crippen MR) is 69.6 cm³/mol. The molecule has 2 aromatic rings. The maximum Gasteiger partial charge on any atom is 0.186 e. The van der Waals surface area contributed by atoms with Crippen molar-refractivity contribution in [2.75, 3.05) is 12.5 Å². The van der Waals surface area contributed by atoms with Crippen molar-refractivity contribution in [1.29, 1.82) is 0 Å². The third-order valence-electron chi connectivity index (χ3n) is 2.57. The molecule has 4 nitrogen and oxygen atoms in total. The van der Waals surface area contributed by atoms with Crippen LogP contribution < -0.4 is 9.47 Å². The van der Waals surface area contributed by atoms with Gasteiger partial charge in [0, 0.05) is 12.3 Å². The SMILES string of the molecule is ClCCc1nnc(C2COc3ccccc3O2)s1. The highest BCUT2D eigenvalue weighted by atomic mass is 35.5. The lowest BCUT2D eigenvalue weighted by atomic mass is 10.3. The third-order valence-corrected chi connectivity index (χ3v) is 3.84. The summed E-state index contributed by atoms with van der Waals surface area (Å²) in [4.78, 5) is 0. The molecule has 0 saturated carbocycles. The molecule has 0 radical (unpaired) electrons. The number of benzene rings is 1. The minimum Gasteiger partial charge on any atom is -0.485 e. The zero-order valence-electron chi connectivity index (χ0n) is 9.51. The number of alkyl halides is 1. The van der Waals surface area contributed by atoms with E-state index < -0.39 is 0 Å². The quantitative estimate of drug-likeness (QED) is 0.812. The molecule has 18 heavy (non-hydrogen) atoms. The largest absolute Gasteiger partial charge is 0.485 e. The van der Waals surface area contributed by atoms with Crippen molar-refractivity contribution in [3.8, 4) is 11.5 Å². The molecule has 0 saturated heterocycles. The Labute approximate surface area is 114 Å². The first kappa shape index (κ1) is 11.7. The number of halogens is 1. The van der Waals surface area contributed by atoms with E-state index in [-0.39, 0.29) is 6.10 Å². The van der Waals surface area contributed by atoms with Crippen molar-refractivity contribution in [3.63, 3.8) is 0 Å². The van der Waals surface area contributed by atoms with Gasteiger partial charge in [0.15, 0.2) is 22.6 Å². The molecule has 0 bridgehead atoms. The first-order chi connectivity index (χ1) is 8.86. The molecule has 0 N–H and O–H groups in total. The molecule has 1 aliphatic heterocycles. The number of ether oxygens (including phenoxy) is 2. The highest BCUT2D eigenvalue weighted by Crippen LogP contribution is 2.36. The van der Waals surface area contributed by atoms with Crippen molar-refractivity contribution in [2.24, 2.45) is 0 Å². The molecular formula is C12H11ClN2O2S. The first-order valence-corrected chi connectivity index (χ1v) is 6.98.